The zero-order chi connectivity index (χ0) is 18.5. The Hall–Kier alpha value is -2.71. The van der Waals surface area contributed by atoms with Crippen molar-refractivity contribution < 1.29 is 9.15 Å². The molecule has 4 heterocycles. The summed E-state index contributed by atoms with van der Waals surface area (Å²) in [5, 5.41) is 3.32. The monoisotopic (exact) mass is 368 g/mol. The van der Waals surface area contributed by atoms with E-state index in [-0.39, 0.29) is 0 Å². The molecular weight excluding hydrogens is 344 g/mol. The Kier molecular flexibility index (Phi) is 5.45. The number of morpholine rings is 1. The molecule has 0 radical (unpaired) electrons. The molecule has 0 unspecified atom stereocenters. The molecule has 0 atom stereocenters. The average Bonchev–Trinajstić information content (AvgIpc) is 3.38. The van der Waals surface area contributed by atoms with Crippen molar-refractivity contribution in [2.24, 2.45) is 7.05 Å². The normalized spacial score (nSPS) is 15.1. The SMILES string of the molecule is Cn1ccnc1-c1cnc(NCCCN2CCOCC2)nc1-c1ccco1. The van der Waals surface area contributed by atoms with Crippen LogP contribution in [-0.2, 0) is 11.8 Å². The second kappa shape index (κ2) is 8.32. The molecule has 1 N–H and O–H groups in total. The van der Waals surface area contributed by atoms with E-state index in [0.29, 0.717) is 11.7 Å². The van der Waals surface area contributed by atoms with Gasteiger partial charge < -0.3 is 19.0 Å². The van der Waals surface area contributed by atoms with E-state index in [0.717, 1.165) is 62.9 Å². The quantitative estimate of drug-likeness (QED) is 0.641. The second-order valence-electron chi connectivity index (χ2n) is 6.53. The molecule has 0 bridgehead atoms. The maximum Gasteiger partial charge on any atom is 0.223 e. The van der Waals surface area contributed by atoms with Gasteiger partial charge in [-0.2, -0.15) is 0 Å². The molecule has 1 fully saturated rings. The molecule has 0 aliphatic carbocycles. The third-order valence-electron chi connectivity index (χ3n) is 4.64. The first-order valence-electron chi connectivity index (χ1n) is 9.24. The topological polar surface area (TPSA) is 81.2 Å². The number of ether oxygens (including phenoxy) is 1. The number of hydrogen-bond donors (Lipinski definition) is 1. The molecule has 0 aromatic carbocycles. The van der Waals surface area contributed by atoms with Gasteiger partial charge >= 0.3 is 0 Å². The number of rotatable bonds is 7. The van der Waals surface area contributed by atoms with Crippen LogP contribution in [0.5, 0.6) is 0 Å². The number of anilines is 1. The summed E-state index contributed by atoms with van der Waals surface area (Å²) in [5.74, 6) is 2.10. The zero-order valence-electron chi connectivity index (χ0n) is 15.5. The Morgan fingerprint density at radius 2 is 2.11 bits per heavy atom. The fourth-order valence-corrected chi connectivity index (χ4v) is 3.18. The lowest BCUT2D eigenvalue weighted by atomic mass is 10.2. The summed E-state index contributed by atoms with van der Waals surface area (Å²) in [6.45, 7) is 5.55. The van der Waals surface area contributed by atoms with Crippen LogP contribution < -0.4 is 5.32 Å². The minimum Gasteiger partial charge on any atom is -0.463 e. The molecule has 0 saturated carbocycles. The van der Waals surface area contributed by atoms with Gasteiger partial charge in [0.2, 0.25) is 5.95 Å². The van der Waals surface area contributed by atoms with Gasteiger partial charge in [0.05, 0.1) is 25.0 Å². The molecule has 0 amide bonds. The molecule has 142 valence electrons. The van der Waals surface area contributed by atoms with Crippen LogP contribution in [0, 0.1) is 0 Å². The lowest BCUT2D eigenvalue weighted by Crippen LogP contribution is -2.37. The van der Waals surface area contributed by atoms with Gasteiger partial charge in [0, 0.05) is 45.3 Å². The first-order valence-corrected chi connectivity index (χ1v) is 9.24. The van der Waals surface area contributed by atoms with Crippen molar-refractivity contribution in [1.29, 1.82) is 0 Å². The van der Waals surface area contributed by atoms with E-state index in [1.165, 1.54) is 0 Å². The highest BCUT2D eigenvalue weighted by atomic mass is 16.5. The molecule has 1 saturated heterocycles. The first-order chi connectivity index (χ1) is 13.3. The van der Waals surface area contributed by atoms with Gasteiger partial charge in [-0.05, 0) is 25.1 Å². The zero-order valence-corrected chi connectivity index (χ0v) is 15.5. The summed E-state index contributed by atoms with van der Waals surface area (Å²) < 4.78 is 12.9. The van der Waals surface area contributed by atoms with Gasteiger partial charge in [0.1, 0.15) is 11.5 Å². The van der Waals surface area contributed by atoms with Crippen LogP contribution in [0.4, 0.5) is 5.95 Å². The Morgan fingerprint density at radius 3 is 2.85 bits per heavy atom. The summed E-state index contributed by atoms with van der Waals surface area (Å²) in [6, 6.07) is 3.76. The summed E-state index contributed by atoms with van der Waals surface area (Å²) in [5.41, 5.74) is 1.58. The molecular formula is C19H24N6O2. The fourth-order valence-electron chi connectivity index (χ4n) is 3.18. The van der Waals surface area contributed by atoms with E-state index in [4.69, 9.17) is 14.1 Å². The molecule has 1 aliphatic rings. The van der Waals surface area contributed by atoms with Gasteiger partial charge in [0.25, 0.3) is 0 Å². The predicted molar refractivity (Wildman–Crippen MR) is 102 cm³/mol. The van der Waals surface area contributed by atoms with Crippen LogP contribution in [0.15, 0.2) is 41.4 Å². The Balaban J connectivity index is 1.46. The number of nitrogens with one attached hydrogen (secondary N) is 1. The first kappa shape index (κ1) is 17.7. The van der Waals surface area contributed by atoms with Crippen molar-refractivity contribution in [3.05, 3.63) is 37.0 Å². The Labute approximate surface area is 158 Å². The van der Waals surface area contributed by atoms with Crippen LogP contribution >= 0.6 is 0 Å². The number of nitrogens with zero attached hydrogens (tertiary/aromatic N) is 5. The van der Waals surface area contributed by atoms with E-state index in [9.17, 15) is 0 Å². The lowest BCUT2D eigenvalue weighted by Gasteiger charge is -2.26. The van der Waals surface area contributed by atoms with Gasteiger partial charge in [-0.15, -0.1) is 0 Å². The fraction of sp³-hybridized carbons (Fsp3) is 0.421. The van der Waals surface area contributed by atoms with Gasteiger partial charge in [0.15, 0.2) is 5.76 Å². The number of hydrogen-bond acceptors (Lipinski definition) is 7. The summed E-state index contributed by atoms with van der Waals surface area (Å²) in [4.78, 5) is 16.0. The number of furan rings is 1. The highest BCUT2D eigenvalue weighted by molar-refractivity contribution is 5.75. The van der Waals surface area contributed by atoms with Crippen LogP contribution in [0.25, 0.3) is 22.8 Å². The Bertz CT molecular complexity index is 855. The molecule has 4 rings (SSSR count). The summed E-state index contributed by atoms with van der Waals surface area (Å²) >= 11 is 0. The molecule has 8 nitrogen and oxygen atoms in total. The van der Waals surface area contributed by atoms with Crippen molar-refractivity contribution in [2.45, 2.75) is 6.42 Å². The molecule has 3 aromatic rings. The van der Waals surface area contributed by atoms with E-state index in [1.807, 2.05) is 29.9 Å². The molecule has 8 heteroatoms. The van der Waals surface area contributed by atoms with Gasteiger partial charge in [-0.3, -0.25) is 4.90 Å². The van der Waals surface area contributed by atoms with Crippen LogP contribution in [0.3, 0.4) is 0 Å². The van der Waals surface area contributed by atoms with Crippen LogP contribution in [-0.4, -0.2) is 63.8 Å². The highest BCUT2D eigenvalue weighted by Crippen LogP contribution is 2.29. The maximum atomic E-state index is 5.58. The summed E-state index contributed by atoms with van der Waals surface area (Å²) in [7, 11) is 1.95. The van der Waals surface area contributed by atoms with E-state index < -0.39 is 0 Å². The number of aryl methyl sites for hydroxylation is 1. The molecule has 3 aromatic heterocycles. The maximum absolute atomic E-state index is 5.58. The predicted octanol–water partition coefficient (Wildman–Crippen LogP) is 2.27. The van der Waals surface area contributed by atoms with Crippen LogP contribution in [0.1, 0.15) is 6.42 Å². The Morgan fingerprint density at radius 1 is 1.22 bits per heavy atom. The van der Waals surface area contributed by atoms with E-state index >= 15 is 0 Å². The van der Waals surface area contributed by atoms with Crippen molar-refractivity contribution in [1.82, 2.24) is 24.4 Å². The van der Waals surface area contributed by atoms with E-state index in [2.05, 4.69) is 20.2 Å². The smallest absolute Gasteiger partial charge is 0.223 e. The minimum absolute atomic E-state index is 0.598. The van der Waals surface area contributed by atoms with E-state index in [1.54, 1.807) is 18.7 Å². The third-order valence-corrected chi connectivity index (χ3v) is 4.64. The standard InChI is InChI=1S/C19H24N6O2/c1-24-8-6-20-18(24)15-14-22-19(23-17(15)16-4-2-11-27-16)21-5-3-7-25-9-12-26-13-10-25/h2,4,6,8,11,14H,3,5,7,9-10,12-13H2,1H3,(H,21,22,23). The average molecular weight is 368 g/mol. The van der Waals surface area contributed by atoms with Crippen molar-refractivity contribution >= 4 is 5.95 Å². The van der Waals surface area contributed by atoms with Gasteiger partial charge in [-0.1, -0.05) is 0 Å². The third kappa shape index (κ3) is 4.17. The van der Waals surface area contributed by atoms with Crippen molar-refractivity contribution in [3.63, 3.8) is 0 Å². The molecule has 27 heavy (non-hydrogen) atoms. The largest absolute Gasteiger partial charge is 0.463 e. The van der Waals surface area contributed by atoms with Crippen molar-refractivity contribution in [3.8, 4) is 22.8 Å². The molecule has 1 aliphatic heterocycles. The highest BCUT2D eigenvalue weighted by Gasteiger charge is 2.17. The van der Waals surface area contributed by atoms with Crippen molar-refractivity contribution in [2.75, 3.05) is 44.7 Å². The minimum atomic E-state index is 0.598. The number of aromatic nitrogens is 4. The van der Waals surface area contributed by atoms with Gasteiger partial charge in [-0.25, -0.2) is 15.0 Å². The van der Waals surface area contributed by atoms with Crippen LogP contribution in [0.2, 0.25) is 0 Å². The lowest BCUT2D eigenvalue weighted by molar-refractivity contribution is 0.0378. The second-order valence-corrected chi connectivity index (χ2v) is 6.53. The summed E-state index contributed by atoms with van der Waals surface area (Å²) in [6.07, 6.45) is 8.14. The number of imidazole rings is 1. The molecule has 0 spiro atoms.